The zero-order valence-corrected chi connectivity index (χ0v) is 14.9. The Balaban J connectivity index is 1.38. The van der Waals surface area contributed by atoms with E-state index >= 15 is 0 Å². The summed E-state index contributed by atoms with van der Waals surface area (Å²) in [5.74, 6) is 1.08. The van der Waals surface area contributed by atoms with Crippen LogP contribution >= 0.6 is 0 Å². The molecule has 132 valence electrons. The summed E-state index contributed by atoms with van der Waals surface area (Å²) in [5.41, 5.74) is 7.43. The Morgan fingerprint density at radius 1 is 1.21 bits per heavy atom. The highest BCUT2D eigenvalue weighted by atomic mass is 16.2. The number of hydrogen-bond donors (Lipinski definition) is 1. The normalized spacial score (nSPS) is 26.0. The molecule has 4 nitrogen and oxygen atoms in total. The Morgan fingerprint density at radius 2 is 1.92 bits per heavy atom. The average Bonchev–Trinajstić information content (AvgIpc) is 2.94. The van der Waals surface area contributed by atoms with Crippen LogP contribution in [0.4, 0.5) is 0 Å². The molecule has 24 heavy (non-hydrogen) atoms. The number of benzene rings is 1. The molecule has 0 saturated carbocycles. The molecular weight excluding hydrogens is 298 g/mol. The number of nitrogens with two attached hydrogens (primary N) is 1. The fourth-order valence-electron chi connectivity index (χ4n) is 4.22. The third-order valence-corrected chi connectivity index (χ3v) is 5.71. The molecule has 2 aliphatic rings. The molecule has 3 rings (SSSR count). The van der Waals surface area contributed by atoms with Crippen LogP contribution in [-0.2, 0) is 11.2 Å². The molecule has 1 aromatic carbocycles. The van der Waals surface area contributed by atoms with Crippen molar-refractivity contribution < 1.29 is 4.79 Å². The first-order valence-electron chi connectivity index (χ1n) is 9.42. The fourth-order valence-corrected chi connectivity index (χ4v) is 4.22. The van der Waals surface area contributed by atoms with E-state index in [1.807, 2.05) is 7.05 Å². The molecule has 1 amide bonds. The minimum atomic E-state index is 0.00892. The van der Waals surface area contributed by atoms with Crippen LogP contribution in [0.2, 0.25) is 0 Å². The first-order valence-corrected chi connectivity index (χ1v) is 9.42. The van der Waals surface area contributed by atoms with Gasteiger partial charge >= 0.3 is 0 Å². The smallest absolute Gasteiger partial charge is 0.239 e. The number of amides is 1. The van der Waals surface area contributed by atoms with Gasteiger partial charge in [-0.05, 0) is 57.1 Å². The summed E-state index contributed by atoms with van der Waals surface area (Å²) in [6.45, 7) is 2.69. The number of rotatable bonds is 5. The average molecular weight is 329 g/mol. The predicted octanol–water partition coefficient (Wildman–Crippen LogP) is 2.28. The van der Waals surface area contributed by atoms with Gasteiger partial charge in [-0.1, -0.05) is 30.3 Å². The van der Waals surface area contributed by atoms with Gasteiger partial charge in [0.1, 0.15) is 0 Å². The number of likely N-dealkylation sites (tertiary alicyclic amines) is 2. The van der Waals surface area contributed by atoms with Crippen molar-refractivity contribution in [2.75, 3.05) is 26.7 Å². The SMILES string of the molecule is CN1C[C@@H](N)C[C@H]1C(=O)N1CCC(CCCc2ccccc2)CC1. The zero-order valence-electron chi connectivity index (χ0n) is 14.9. The molecule has 0 spiro atoms. The lowest BCUT2D eigenvalue weighted by atomic mass is 9.90. The van der Waals surface area contributed by atoms with E-state index in [0.717, 1.165) is 44.8 Å². The number of hydrogen-bond acceptors (Lipinski definition) is 3. The Bertz CT molecular complexity index is 525. The quantitative estimate of drug-likeness (QED) is 0.901. The largest absolute Gasteiger partial charge is 0.341 e. The maximum Gasteiger partial charge on any atom is 0.239 e. The Labute approximate surface area is 146 Å². The summed E-state index contributed by atoms with van der Waals surface area (Å²) < 4.78 is 0. The van der Waals surface area contributed by atoms with E-state index in [4.69, 9.17) is 5.73 Å². The van der Waals surface area contributed by atoms with Crippen LogP contribution in [0.5, 0.6) is 0 Å². The van der Waals surface area contributed by atoms with Gasteiger partial charge in [-0.25, -0.2) is 0 Å². The van der Waals surface area contributed by atoms with Crippen molar-refractivity contribution in [1.29, 1.82) is 0 Å². The Kier molecular flexibility index (Phi) is 5.90. The topological polar surface area (TPSA) is 49.6 Å². The van der Waals surface area contributed by atoms with Gasteiger partial charge < -0.3 is 10.6 Å². The van der Waals surface area contributed by atoms with Gasteiger partial charge in [0.15, 0.2) is 0 Å². The second-order valence-electron chi connectivity index (χ2n) is 7.60. The van der Waals surface area contributed by atoms with Gasteiger partial charge in [-0.3, -0.25) is 9.69 Å². The molecule has 2 aliphatic heterocycles. The summed E-state index contributed by atoms with van der Waals surface area (Å²) in [4.78, 5) is 16.9. The zero-order chi connectivity index (χ0) is 16.9. The van der Waals surface area contributed by atoms with Crippen LogP contribution in [-0.4, -0.2) is 54.5 Å². The lowest BCUT2D eigenvalue weighted by Crippen LogP contribution is -2.47. The van der Waals surface area contributed by atoms with Gasteiger partial charge in [0.05, 0.1) is 6.04 Å². The van der Waals surface area contributed by atoms with Gasteiger partial charge in [0.2, 0.25) is 5.91 Å². The lowest BCUT2D eigenvalue weighted by Gasteiger charge is -2.34. The fraction of sp³-hybridized carbons (Fsp3) is 0.650. The van der Waals surface area contributed by atoms with Crippen LogP contribution < -0.4 is 5.73 Å². The Morgan fingerprint density at radius 3 is 2.54 bits per heavy atom. The minimum Gasteiger partial charge on any atom is -0.341 e. The molecule has 1 aromatic rings. The number of carbonyl (C=O) groups is 1. The number of likely N-dealkylation sites (N-methyl/N-ethyl adjacent to an activating group) is 1. The van der Waals surface area contributed by atoms with Crippen molar-refractivity contribution in [2.24, 2.45) is 11.7 Å². The lowest BCUT2D eigenvalue weighted by molar-refractivity contribution is -0.137. The van der Waals surface area contributed by atoms with E-state index < -0.39 is 0 Å². The summed E-state index contributed by atoms with van der Waals surface area (Å²) in [5, 5.41) is 0. The van der Waals surface area contributed by atoms with Crippen molar-refractivity contribution in [1.82, 2.24) is 9.80 Å². The number of carbonyl (C=O) groups excluding carboxylic acids is 1. The van der Waals surface area contributed by atoms with Crippen LogP contribution in [0.25, 0.3) is 0 Å². The summed E-state index contributed by atoms with van der Waals surface area (Å²) in [6.07, 6.45) is 6.83. The maximum atomic E-state index is 12.7. The number of aryl methyl sites for hydroxylation is 1. The molecule has 0 bridgehead atoms. The van der Waals surface area contributed by atoms with E-state index in [1.165, 1.54) is 24.8 Å². The van der Waals surface area contributed by atoms with Crippen LogP contribution in [0.15, 0.2) is 30.3 Å². The summed E-state index contributed by atoms with van der Waals surface area (Å²) >= 11 is 0. The second kappa shape index (κ2) is 8.13. The van der Waals surface area contributed by atoms with E-state index in [0.29, 0.717) is 5.91 Å². The highest BCUT2D eigenvalue weighted by Gasteiger charge is 2.36. The second-order valence-corrected chi connectivity index (χ2v) is 7.60. The van der Waals surface area contributed by atoms with Crippen molar-refractivity contribution in [2.45, 2.75) is 50.6 Å². The molecule has 2 fully saturated rings. The van der Waals surface area contributed by atoms with Gasteiger partial charge in [-0.15, -0.1) is 0 Å². The van der Waals surface area contributed by atoms with Crippen molar-refractivity contribution in [3.8, 4) is 0 Å². The predicted molar refractivity (Wildman–Crippen MR) is 97.7 cm³/mol. The molecule has 0 aromatic heterocycles. The molecule has 0 aliphatic carbocycles. The van der Waals surface area contributed by atoms with Crippen LogP contribution in [0.1, 0.15) is 37.7 Å². The van der Waals surface area contributed by atoms with Crippen LogP contribution in [0, 0.1) is 5.92 Å². The van der Waals surface area contributed by atoms with Crippen molar-refractivity contribution in [3.63, 3.8) is 0 Å². The van der Waals surface area contributed by atoms with E-state index in [2.05, 4.69) is 40.1 Å². The molecule has 0 radical (unpaired) electrons. The van der Waals surface area contributed by atoms with Gasteiger partial charge in [-0.2, -0.15) is 0 Å². The summed E-state index contributed by atoms with van der Waals surface area (Å²) in [6, 6.07) is 10.9. The Hall–Kier alpha value is -1.39. The third kappa shape index (κ3) is 4.37. The highest BCUT2D eigenvalue weighted by molar-refractivity contribution is 5.82. The highest BCUT2D eigenvalue weighted by Crippen LogP contribution is 2.25. The molecule has 4 heteroatoms. The standard InChI is InChI=1S/C20H31N3O/c1-22-15-18(21)14-19(22)20(24)23-12-10-17(11-13-23)9-5-8-16-6-3-2-4-7-16/h2-4,6-7,17-19H,5,8-15,21H2,1H3/t18-,19-/m0/s1. The molecule has 2 atom stereocenters. The molecule has 2 saturated heterocycles. The van der Waals surface area contributed by atoms with Crippen LogP contribution in [0.3, 0.4) is 0 Å². The number of nitrogens with zero attached hydrogens (tertiary/aromatic N) is 2. The molecule has 2 N–H and O–H groups in total. The first kappa shape index (κ1) is 17.4. The van der Waals surface area contributed by atoms with Crippen molar-refractivity contribution in [3.05, 3.63) is 35.9 Å². The maximum absolute atomic E-state index is 12.7. The number of piperidine rings is 1. The summed E-state index contributed by atoms with van der Waals surface area (Å²) in [7, 11) is 2.02. The van der Waals surface area contributed by atoms with E-state index in [-0.39, 0.29) is 12.1 Å². The molecular formula is C20H31N3O. The minimum absolute atomic E-state index is 0.00892. The van der Waals surface area contributed by atoms with E-state index in [9.17, 15) is 4.79 Å². The van der Waals surface area contributed by atoms with E-state index in [1.54, 1.807) is 0 Å². The van der Waals surface area contributed by atoms with Gasteiger partial charge in [0, 0.05) is 25.7 Å². The van der Waals surface area contributed by atoms with Crippen molar-refractivity contribution >= 4 is 5.91 Å². The van der Waals surface area contributed by atoms with Gasteiger partial charge in [0.25, 0.3) is 0 Å². The monoisotopic (exact) mass is 329 g/mol. The molecule has 0 unspecified atom stereocenters. The first-order chi connectivity index (χ1) is 11.6. The third-order valence-electron chi connectivity index (χ3n) is 5.71. The molecule has 2 heterocycles.